The summed E-state index contributed by atoms with van der Waals surface area (Å²) in [7, 11) is 0. The van der Waals surface area contributed by atoms with Crippen molar-refractivity contribution in [3.05, 3.63) is 88.1 Å². The van der Waals surface area contributed by atoms with E-state index in [1.807, 2.05) is 32.9 Å². The van der Waals surface area contributed by atoms with E-state index in [4.69, 9.17) is 9.72 Å². The highest BCUT2D eigenvalue weighted by Crippen LogP contribution is 2.41. The molecule has 0 bridgehead atoms. The lowest BCUT2D eigenvalue weighted by Gasteiger charge is -2.30. The molecule has 0 saturated carbocycles. The van der Waals surface area contributed by atoms with Crippen LogP contribution in [0.1, 0.15) is 45.8 Å². The van der Waals surface area contributed by atoms with Crippen LogP contribution in [0.4, 0.5) is 5.82 Å². The predicted octanol–water partition coefficient (Wildman–Crippen LogP) is 5.65. The second-order valence-corrected chi connectivity index (χ2v) is 10.5. The molecule has 0 amide bonds. The number of nitrogens with zero attached hydrogens (tertiary/aromatic N) is 4. The maximum absolute atomic E-state index is 12.0. The molecule has 4 aromatic rings. The molecule has 0 atom stereocenters. The molecule has 2 aromatic carbocycles. The summed E-state index contributed by atoms with van der Waals surface area (Å²) in [6.07, 6.45) is 4.39. The van der Waals surface area contributed by atoms with Crippen LogP contribution in [0.25, 0.3) is 22.3 Å². The maximum Gasteiger partial charge on any atom is 0.307 e. The van der Waals surface area contributed by atoms with E-state index in [-0.39, 0.29) is 6.42 Å². The van der Waals surface area contributed by atoms with E-state index in [0.29, 0.717) is 0 Å². The Bertz CT molecular complexity index is 1600. The van der Waals surface area contributed by atoms with Crippen molar-refractivity contribution < 1.29 is 14.6 Å². The Kier molecular flexibility index (Phi) is 6.51. The zero-order valence-electron chi connectivity index (χ0n) is 22.6. The first kappa shape index (κ1) is 25.0. The highest BCUT2D eigenvalue weighted by molar-refractivity contribution is 5.90. The van der Waals surface area contributed by atoms with Crippen LogP contribution in [0.5, 0.6) is 5.75 Å². The first-order valence-electron chi connectivity index (χ1n) is 13.5. The predicted molar refractivity (Wildman–Crippen MR) is 151 cm³/mol. The van der Waals surface area contributed by atoms with Gasteiger partial charge in [-0.25, -0.2) is 9.97 Å². The van der Waals surface area contributed by atoms with Gasteiger partial charge in [0.05, 0.1) is 13.0 Å². The molecular weight excluding hydrogens is 488 g/mol. The number of rotatable bonds is 5. The number of fused-ring (bicyclic) bond motifs is 2. The molecule has 2 aromatic heterocycles. The number of ether oxygens (including phenoxy) is 1. The Morgan fingerprint density at radius 1 is 0.923 bits per heavy atom. The number of aromatic nitrogens is 3. The zero-order chi connectivity index (χ0) is 27.1. The monoisotopic (exact) mass is 520 g/mol. The van der Waals surface area contributed by atoms with Gasteiger partial charge in [0.1, 0.15) is 17.9 Å². The highest BCUT2D eigenvalue weighted by atomic mass is 16.5. The lowest BCUT2D eigenvalue weighted by molar-refractivity contribution is -0.136. The third-order valence-electron chi connectivity index (χ3n) is 7.83. The second kappa shape index (κ2) is 10.1. The third kappa shape index (κ3) is 4.85. The van der Waals surface area contributed by atoms with Crippen molar-refractivity contribution in [2.45, 2.75) is 53.0 Å². The van der Waals surface area contributed by atoms with Crippen LogP contribution in [0.15, 0.2) is 48.8 Å². The van der Waals surface area contributed by atoms with Gasteiger partial charge in [0.15, 0.2) is 0 Å². The summed E-state index contributed by atoms with van der Waals surface area (Å²) >= 11 is 0. The molecule has 0 unspecified atom stereocenters. The van der Waals surface area contributed by atoms with Crippen LogP contribution in [0.3, 0.4) is 0 Å². The number of aliphatic carboxylic acids is 1. The number of anilines is 1. The molecule has 2 aliphatic heterocycles. The summed E-state index contributed by atoms with van der Waals surface area (Å²) in [6.45, 7) is 8.32. The Morgan fingerprint density at radius 3 is 2.54 bits per heavy atom. The van der Waals surface area contributed by atoms with Crippen LogP contribution in [0.2, 0.25) is 0 Å². The van der Waals surface area contributed by atoms with Crippen molar-refractivity contribution in [1.82, 2.24) is 15.0 Å². The summed E-state index contributed by atoms with van der Waals surface area (Å²) < 4.78 is 5.86. The molecule has 0 aliphatic carbocycles. The fraction of sp³-hybridized carbons (Fsp3) is 0.312. The molecule has 0 radical (unpaired) electrons. The number of aryl methyl sites for hydroxylation is 4. The Labute approximate surface area is 228 Å². The van der Waals surface area contributed by atoms with E-state index >= 15 is 0 Å². The molecule has 0 fully saturated rings. The minimum Gasteiger partial charge on any atom is -0.493 e. The lowest BCUT2D eigenvalue weighted by Crippen LogP contribution is -2.31. The summed E-state index contributed by atoms with van der Waals surface area (Å²) in [5.74, 6) is 1.02. The normalized spacial score (nSPS) is 14.4. The highest BCUT2D eigenvalue weighted by Gasteiger charge is 2.24. The molecule has 7 nitrogen and oxygen atoms in total. The Morgan fingerprint density at radius 2 is 1.72 bits per heavy atom. The molecule has 0 saturated heterocycles. The van der Waals surface area contributed by atoms with Gasteiger partial charge in [-0.15, -0.1) is 0 Å². The van der Waals surface area contributed by atoms with E-state index in [0.717, 1.165) is 95.4 Å². The number of carboxylic acids is 1. The molecule has 198 valence electrons. The van der Waals surface area contributed by atoms with Crippen LogP contribution >= 0.6 is 0 Å². The van der Waals surface area contributed by atoms with Gasteiger partial charge in [-0.2, -0.15) is 0 Å². The first-order chi connectivity index (χ1) is 18.9. The SMILES string of the molecule is Cc1cc(N2CCc3cc(-c4c(C)nc(C)c(CC(=O)O)c4-c4ccc5c(c4)CCCO5)ccc3C2)ncn1. The molecule has 4 heterocycles. The van der Waals surface area contributed by atoms with Crippen LogP contribution in [0, 0.1) is 20.8 Å². The van der Waals surface area contributed by atoms with Crippen molar-refractivity contribution in [1.29, 1.82) is 0 Å². The van der Waals surface area contributed by atoms with Gasteiger partial charge in [-0.05, 0) is 91.1 Å². The zero-order valence-corrected chi connectivity index (χ0v) is 22.6. The lowest BCUT2D eigenvalue weighted by atomic mass is 9.85. The summed E-state index contributed by atoms with van der Waals surface area (Å²) in [5.41, 5.74) is 11.2. The van der Waals surface area contributed by atoms with Crippen molar-refractivity contribution >= 4 is 11.8 Å². The molecule has 0 spiro atoms. The van der Waals surface area contributed by atoms with Gasteiger partial charge >= 0.3 is 5.97 Å². The molecule has 6 rings (SSSR count). The van der Waals surface area contributed by atoms with Gasteiger partial charge in [0, 0.05) is 41.8 Å². The van der Waals surface area contributed by atoms with Gasteiger partial charge in [-0.1, -0.05) is 24.3 Å². The number of hydrogen-bond donors (Lipinski definition) is 1. The number of carbonyl (C=O) groups is 1. The van der Waals surface area contributed by atoms with E-state index in [1.165, 1.54) is 16.7 Å². The number of benzene rings is 2. The molecular formula is C32H32N4O3. The first-order valence-corrected chi connectivity index (χ1v) is 13.5. The Balaban J connectivity index is 1.46. The minimum atomic E-state index is -0.859. The molecule has 39 heavy (non-hydrogen) atoms. The van der Waals surface area contributed by atoms with Crippen molar-refractivity contribution in [2.75, 3.05) is 18.1 Å². The summed E-state index contributed by atoms with van der Waals surface area (Å²) in [4.78, 5) is 27.8. The van der Waals surface area contributed by atoms with Crippen LogP contribution < -0.4 is 9.64 Å². The molecule has 7 heteroatoms. The Hall–Kier alpha value is -4.26. The topological polar surface area (TPSA) is 88.4 Å². The van der Waals surface area contributed by atoms with E-state index in [1.54, 1.807) is 6.33 Å². The molecule has 2 aliphatic rings. The summed E-state index contributed by atoms with van der Waals surface area (Å²) in [6, 6.07) is 14.9. The van der Waals surface area contributed by atoms with Crippen LogP contribution in [-0.4, -0.2) is 39.2 Å². The van der Waals surface area contributed by atoms with Crippen molar-refractivity contribution in [2.24, 2.45) is 0 Å². The number of hydrogen-bond acceptors (Lipinski definition) is 6. The average Bonchev–Trinajstić information content (AvgIpc) is 2.93. The fourth-order valence-electron chi connectivity index (χ4n) is 5.96. The van der Waals surface area contributed by atoms with Crippen molar-refractivity contribution in [3.8, 4) is 28.0 Å². The van der Waals surface area contributed by atoms with Crippen molar-refractivity contribution in [3.63, 3.8) is 0 Å². The van der Waals surface area contributed by atoms with Gasteiger partial charge in [0.25, 0.3) is 0 Å². The number of pyridine rings is 1. The largest absolute Gasteiger partial charge is 0.493 e. The van der Waals surface area contributed by atoms with Crippen LogP contribution in [-0.2, 0) is 30.6 Å². The smallest absolute Gasteiger partial charge is 0.307 e. The fourth-order valence-corrected chi connectivity index (χ4v) is 5.96. The van der Waals surface area contributed by atoms with E-state index in [9.17, 15) is 9.90 Å². The molecule has 1 N–H and O–H groups in total. The quantitative estimate of drug-likeness (QED) is 0.364. The second-order valence-electron chi connectivity index (χ2n) is 10.5. The summed E-state index contributed by atoms with van der Waals surface area (Å²) in [5, 5.41) is 9.82. The maximum atomic E-state index is 12.0. The minimum absolute atomic E-state index is 0.0761. The van der Waals surface area contributed by atoms with Gasteiger partial charge in [0.2, 0.25) is 0 Å². The van der Waals surface area contributed by atoms with Gasteiger partial charge < -0.3 is 14.7 Å². The van der Waals surface area contributed by atoms with Gasteiger partial charge in [-0.3, -0.25) is 9.78 Å². The van der Waals surface area contributed by atoms with E-state index < -0.39 is 5.97 Å². The standard InChI is InChI=1S/C32H32N4O3/c1-19-13-29(34-18-33-19)36-11-10-22-14-24(6-7-26(22)17-36)31-21(3)35-20(2)27(16-30(37)38)32(31)25-8-9-28-23(15-25)5-4-12-39-28/h6-9,13-15,18H,4-5,10-12,16-17H2,1-3H3,(H,37,38). The average molecular weight is 521 g/mol. The third-order valence-corrected chi connectivity index (χ3v) is 7.83. The number of carboxylic acid groups (broad SMARTS) is 1. The van der Waals surface area contributed by atoms with E-state index in [2.05, 4.69) is 45.2 Å².